The fraction of sp³-hybridized carbons (Fsp3) is 0.450. The number of aldehydes is 1. The van der Waals surface area contributed by atoms with Crippen LogP contribution >= 0.6 is 0 Å². The number of carbonyl (C=O) groups excluding carboxylic acids is 3. The third kappa shape index (κ3) is 5.36. The van der Waals surface area contributed by atoms with Gasteiger partial charge in [-0.25, -0.2) is 4.79 Å². The Morgan fingerprint density at radius 1 is 1.22 bits per heavy atom. The monoisotopic (exact) mass is 694 g/mol. The van der Waals surface area contributed by atoms with Gasteiger partial charge in [0.15, 0.2) is 6.29 Å². The minimum atomic E-state index is -1.18. The molecule has 2 fully saturated rings. The highest BCUT2D eigenvalue weighted by molar-refractivity contribution is 6.11. The lowest BCUT2D eigenvalue weighted by Gasteiger charge is -2.47. The van der Waals surface area contributed by atoms with E-state index in [0.29, 0.717) is 66.7 Å². The Morgan fingerprint density at radius 3 is 2.86 bits per heavy atom. The molecule has 1 saturated carbocycles. The minimum Gasteiger partial charge on any atom is -0.496 e. The Hall–Kier alpha value is -4.58. The summed E-state index contributed by atoms with van der Waals surface area (Å²) in [4.78, 5) is 44.6. The van der Waals surface area contributed by atoms with E-state index in [1.165, 1.54) is 7.11 Å². The molecule has 4 aliphatic heterocycles. The SMILES string of the molecule is CCOC(=O)C1=C(C=O)/C(=C2\CCC(=O)[C@H](c3ccc4c(c3)=CCN=4)C2)c2c(OC)c3c(c(CO)c2O1)O[C@H]([C@@]1(O)CC=C[C@@H]2CNCC[C@H]21)C3. The van der Waals surface area contributed by atoms with E-state index in [0.717, 1.165) is 41.2 Å². The molecule has 5 atom stereocenters. The van der Waals surface area contributed by atoms with Gasteiger partial charge in [-0.05, 0) is 68.0 Å². The summed E-state index contributed by atoms with van der Waals surface area (Å²) in [6, 6.07) is 5.87. The molecule has 8 rings (SSSR count). The summed E-state index contributed by atoms with van der Waals surface area (Å²) < 4.78 is 24.4. The zero-order valence-corrected chi connectivity index (χ0v) is 28.8. The maximum absolute atomic E-state index is 13.5. The van der Waals surface area contributed by atoms with E-state index in [4.69, 9.17) is 18.9 Å². The number of esters is 1. The third-order valence-electron chi connectivity index (χ3n) is 11.6. The van der Waals surface area contributed by atoms with E-state index >= 15 is 0 Å². The van der Waals surface area contributed by atoms with Crippen LogP contribution in [0.15, 0.2) is 52.2 Å². The van der Waals surface area contributed by atoms with Gasteiger partial charge in [0.05, 0.1) is 48.9 Å². The van der Waals surface area contributed by atoms with Gasteiger partial charge < -0.3 is 34.5 Å². The number of rotatable bonds is 7. The van der Waals surface area contributed by atoms with Crippen LogP contribution in [0.5, 0.6) is 17.2 Å². The van der Waals surface area contributed by atoms with Gasteiger partial charge in [-0.1, -0.05) is 29.9 Å². The van der Waals surface area contributed by atoms with Crippen LogP contribution in [-0.4, -0.2) is 73.3 Å². The minimum absolute atomic E-state index is 0.00339. The fourth-order valence-electron chi connectivity index (χ4n) is 9.15. The number of aliphatic hydroxyl groups excluding tert-OH is 1. The molecule has 51 heavy (non-hydrogen) atoms. The van der Waals surface area contributed by atoms with Gasteiger partial charge in [0.2, 0.25) is 5.76 Å². The van der Waals surface area contributed by atoms with E-state index in [9.17, 15) is 24.6 Å². The van der Waals surface area contributed by atoms with Crippen LogP contribution in [0, 0.1) is 11.8 Å². The zero-order valence-electron chi connectivity index (χ0n) is 28.8. The summed E-state index contributed by atoms with van der Waals surface area (Å²) in [5, 5.41) is 28.6. The average molecular weight is 695 g/mol. The average Bonchev–Trinajstić information content (AvgIpc) is 3.81. The van der Waals surface area contributed by atoms with E-state index < -0.39 is 30.2 Å². The van der Waals surface area contributed by atoms with Gasteiger partial charge in [0, 0.05) is 42.4 Å². The van der Waals surface area contributed by atoms with Crippen LogP contribution in [0.1, 0.15) is 67.2 Å². The Morgan fingerprint density at radius 2 is 2.08 bits per heavy atom. The van der Waals surface area contributed by atoms with E-state index in [-0.39, 0.29) is 53.3 Å². The Labute approximate surface area is 295 Å². The second-order valence-electron chi connectivity index (χ2n) is 14.1. The number of piperidine rings is 1. The van der Waals surface area contributed by atoms with Crippen molar-refractivity contribution in [1.29, 1.82) is 0 Å². The lowest BCUT2D eigenvalue weighted by Crippen LogP contribution is -2.57. The van der Waals surface area contributed by atoms with Crippen LogP contribution in [-0.2, 0) is 32.1 Å². The summed E-state index contributed by atoms with van der Waals surface area (Å²) in [5.41, 5.74) is 2.24. The van der Waals surface area contributed by atoms with Crippen molar-refractivity contribution >= 4 is 29.7 Å². The molecule has 0 radical (unpaired) electrons. The Kier molecular flexibility index (Phi) is 8.68. The van der Waals surface area contributed by atoms with Crippen molar-refractivity contribution in [2.45, 2.75) is 69.7 Å². The van der Waals surface area contributed by atoms with Crippen molar-refractivity contribution < 1.29 is 43.5 Å². The second kappa shape index (κ2) is 13.2. The number of allylic oxidation sites excluding steroid dienone is 3. The van der Waals surface area contributed by atoms with Gasteiger partial charge >= 0.3 is 5.97 Å². The highest BCUT2D eigenvalue weighted by atomic mass is 16.6. The predicted octanol–water partition coefficient (Wildman–Crippen LogP) is 2.52. The van der Waals surface area contributed by atoms with E-state index in [1.54, 1.807) is 6.92 Å². The fourth-order valence-corrected chi connectivity index (χ4v) is 9.15. The van der Waals surface area contributed by atoms with Crippen molar-refractivity contribution in [1.82, 2.24) is 5.32 Å². The van der Waals surface area contributed by atoms with Crippen LogP contribution < -0.4 is 30.1 Å². The summed E-state index contributed by atoms with van der Waals surface area (Å²) in [6.45, 7) is 3.36. The number of methoxy groups -OCH3 is 1. The first-order valence-corrected chi connectivity index (χ1v) is 17.9. The lowest BCUT2D eigenvalue weighted by atomic mass is 9.66. The number of hydrogen-bond acceptors (Lipinski definition) is 11. The quantitative estimate of drug-likeness (QED) is 0.224. The number of aliphatic hydroxyl groups is 2. The second-order valence-corrected chi connectivity index (χ2v) is 14.1. The lowest BCUT2D eigenvalue weighted by molar-refractivity contribution is -0.141. The molecule has 266 valence electrons. The molecular weight excluding hydrogens is 652 g/mol. The molecule has 0 aromatic heterocycles. The first-order valence-electron chi connectivity index (χ1n) is 17.9. The van der Waals surface area contributed by atoms with Gasteiger partial charge in [-0.2, -0.15) is 0 Å². The number of Topliss-reactive ketones (excluding diaryl/α,β-unsaturated/α-hetero) is 1. The van der Waals surface area contributed by atoms with Crippen LogP contribution in [0.25, 0.3) is 11.6 Å². The molecule has 2 aromatic carbocycles. The molecule has 11 heteroatoms. The molecule has 6 aliphatic rings. The Balaban J connectivity index is 1.30. The summed E-state index contributed by atoms with van der Waals surface area (Å²) in [7, 11) is 1.52. The van der Waals surface area contributed by atoms with E-state index in [1.807, 2.05) is 30.4 Å². The molecule has 0 spiro atoms. The molecule has 0 unspecified atom stereocenters. The van der Waals surface area contributed by atoms with Crippen LogP contribution in [0.4, 0.5) is 0 Å². The summed E-state index contributed by atoms with van der Waals surface area (Å²) in [6.07, 6.45) is 8.54. The Bertz CT molecular complexity index is 2060. The number of carbonyl (C=O) groups is 3. The van der Waals surface area contributed by atoms with Crippen LogP contribution in [0.3, 0.4) is 0 Å². The number of fused-ring (bicyclic) bond motifs is 4. The molecule has 2 aliphatic carbocycles. The first kappa shape index (κ1) is 33.6. The molecule has 1 saturated heterocycles. The number of nitrogens with one attached hydrogen (secondary N) is 1. The molecule has 0 amide bonds. The van der Waals surface area contributed by atoms with Gasteiger partial charge in [-0.15, -0.1) is 0 Å². The number of ether oxygens (including phenoxy) is 4. The van der Waals surface area contributed by atoms with Crippen molar-refractivity contribution in [3.05, 3.63) is 80.1 Å². The maximum Gasteiger partial charge on any atom is 0.375 e. The van der Waals surface area contributed by atoms with Gasteiger partial charge in [0.25, 0.3) is 0 Å². The summed E-state index contributed by atoms with van der Waals surface area (Å²) >= 11 is 0. The van der Waals surface area contributed by atoms with Gasteiger partial charge in [-0.3, -0.25) is 14.6 Å². The standard InChI is InChI=1S/C40H42N2O9/c1-3-49-39(46)38-27(19-43)33(23-7-9-31(45)25(16-23)21-6-8-30-22(15-21)10-14-42-30)34-36(48-2)26-17-32(50-35(26)28(20-44)37(34)51-38)40(47)12-4-5-24-18-41-13-11-29(24)40/h4-6,8,10,15,19,24-25,29,32,41,44,47H,3,7,9,11-14,16-18,20H2,1-2H3/b33-23-/t24-,25+,29-,32+,40-/m1/s1. The summed E-state index contributed by atoms with van der Waals surface area (Å²) in [5.74, 6) is -0.558. The number of hydrogen-bond donors (Lipinski definition) is 3. The molecule has 11 nitrogen and oxygen atoms in total. The third-order valence-corrected chi connectivity index (χ3v) is 11.6. The topological polar surface area (TPSA) is 153 Å². The zero-order chi connectivity index (χ0) is 35.4. The molecular formula is C40H42N2O9. The number of benzene rings is 2. The smallest absolute Gasteiger partial charge is 0.375 e. The van der Waals surface area contributed by atoms with Crippen molar-refractivity contribution in [2.75, 3.05) is 33.4 Å². The molecule has 4 heterocycles. The molecule has 3 N–H and O–H groups in total. The normalized spacial score (nSPS) is 29.1. The number of nitrogens with zero attached hydrogens (tertiary/aromatic N) is 1. The molecule has 0 bridgehead atoms. The van der Waals surface area contributed by atoms with Crippen molar-refractivity contribution in [3.63, 3.8) is 0 Å². The predicted molar refractivity (Wildman–Crippen MR) is 186 cm³/mol. The van der Waals surface area contributed by atoms with E-state index in [2.05, 4.69) is 16.4 Å². The highest BCUT2D eigenvalue weighted by Crippen LogP contribution is 2.57. The van der Waals surface area contributed by atoms with Crippen LogP contribution in [0.2, 0.25) is 0 Å². The van der Waals surface area contributed by atoms with Crippen molar-refractivity contribution in [3.8, 4) is 17.2 Å². The maximum atomic E-state index is 13.5. The highest BCUT2D eigenvalue weighted by Gasteiger charge is 2.53. The largest absolute Gasteiger partial charge is 0.496 e. The first-order chi connectivity index (χ1) is 24.8. The van der Waals surface area contributed by atoms with Crippen molar-refractivity contribution in [2.24, 2.45) is 16.8 Å². The molecule has 2 aromatic rings. The van der Waals surface area contributed by atoms with Gasteiger partial charge in [0.1, 0.15) is 34.7 Å². The number of ketones is 1.